The fourth-order valence-electron chi connectivity index (χ4n) is 2.79. The van der Waals surface area contributed by atoms with E-state index in [-0.39, 0.29) is 23.2 Å². The minimum absolute atomic E-state index is 0.108. The van der Waals surface area contributed by atoms with E-state index in [0.717, 1.165) is 25.0 Å². The zero-order chi connectivity index (χ0) is 19.1. The molecule has 1 aliphatic carbocycles. The molecule has 9 heteroatoms. The van der Waals surface area contributed by atoms with Crippen LogP contribution in [0.4, 0.5) is 14.6 Å². The van der Waals surface area contributed by atoms with Gasteiger partial charge in [-0.3, -0.25) is 14.6 Å². The Labute approximate surface area is 152 Å². The molecule has 4 rings (SSSR count). The molecule has 138 valence electrons. The first-order valence-electron chi connectivity index (χ1n) is 8.36. The van der Waals surface area contributed by atoms with Gasteiger partial charge in [0.15, 0.2) is 0 Å². The third-order valence-electron chi connectivity index (χ3n) is 4.21. The van der Waals surface area contributed by atoms with Gasteiger partial charge in [-0.15, -0.1) is 0 Å². The number of hydrogen-bond donors (Lipinski definition) is 2. The van der Waals surface area contributed by atoms with E-state index >= 15 is 0 Å². The van der Waals surface area contributed by atoms with Gasteiger partial charge in [-0.25, -0.2) is 13.8 Å². The molecule has 0 unspecified atom stereocenters. The first-order chi connectivity index (χ1) is 12.9. The van der Waals surface area contributed by atoms with E-state index in [4.69, 9.17) is 0 Å². The van der Waals surface area contributed by atoms with E-state index < -0.39 is 23.1 Å². The minimum Gasteiger partial charge on any atom is -0.306 e. The van der Waals surface area contributed by atoms with Gasteiger partial charge in [0.05, 0.1) is 5.69 Å². The van der Waals surface area contributed by atoms with Crippen molar-refractivity contribution < 1.29 is 13.6 Å². The molecule has 0 atom stereocenters. The molecule has 1 aromatic carbocycles. The molecular weight excluding hydrogens is 356 g/mol. The van der Waals surface area contributed by atoms with Crippen LogP contribution in [-0.2, 0) is 0 Å². The van der Waals surface area contributed by atoms with Gasteiger partial charge < -0.3 is 5.32 Å². The number of benzene rings is 1. The fourth-order valence-corrected chi connectivity index (χ4v) is 2.79. The molecule has 27 heavy (non-hydrogen) atoms. The summed E-state index contributed by atoms with van der Waals surface area (Å²) in [7, 11) is 0. The standard InChI is InChI=1S/C18H15F2N5O2/c1-9-7-15(26)23-18(21-9)25-14(8-13(24-25)10-5-6-10)22-17(27)16-11(19)3-2-4-12(16)20/h2-4,7-8,10H,5-6H2,1H3,(H,22,27)(H,21,23,26). The van der Waals surface area contributed by atoms with Crippen molar-refractivity contribution in [3.8, 4) is 5.95 Å². The van der Waals surface area contributed by atoms with Crippen molar-refractivity contribution >= 4 is 11.7 Å². The summed E-state index contributed by atoms with van der Waals surface area (Å²) in [4.78, 5) is 31.0. The number of nitrogens with one attached hydrogen (secondary N) is 2. The van der Waals surface area contributed by atoms with Crippen LogP contribution in [-0.4, -0.2) is 25.7 Å². The molecule has 2 aromatic heterocycles. The lowest BCUT2D eigenvalue weighted by Gasteiger charge is -2.09. The van der Waals surface area contributed by atoms with Crippen LogP contribution < -0.4 is 10.9 Å². The fraction of sp³-hybridized carbons (Fsp3) is 0.222. The predicted octanol–water partition coefficient (Wildman–Crippen LogP) is 2.67. The van der Waals surface area contributed by atoms with E-state index in [2.05, 4.69) is 20.4 Å². The van der Waals surface area contributed by atoms with Crippen molar-refractivity contribution in [1.82, 2.24) is 19.7 Å². The Morgan fingerprint density at radius 1 is 1.26 bits per heavy atom. The van der Waals surface area contributed by atoms with Gasteiger partial charge in [0.25, 0.3) is 11.5 Å². The number of carbonyl (C=O) groups excluding carboxylic acids is 1. The number of hydrogen-bond acceptors (Lipinski definition) is 4. The first kappa shape index (κ1) is 17.1. The first-order valence-corrected chi connectivity index (χ1v) is 8.36. The van der Waals surface area contributed by atoms with Gasteiger partial charge >= 0.3 is 0 Å². The highest BCUT2D eigenvalue weighted by Gasteiger charge is 2.29. The van der Waals surface area contributed by atoms with E-state index in [0.29, 0.717) is 11.4 Å². The second-order valence-corrected chi connectivity index (χ2v) is 6.40. The maximum atomic E-state index is 13.9. The van der Waals surface area contributed by atoms with Crippen LogP contribution in [0.1, 0.15) is 40.5 Å². The van der Waals surface area contributed by atoms with E-state index in [1.165, 1.54) is 16.8 Å². The van der Waals surface area contributed by atoms with Crippen LogP contribution >= 0.6 is 0 Å². The van der Waals surface area contributed by atoms with Crippen molar-refractivity contribution in [2.75, 3.05) is 5.32 Å². The van der Waals surface area contributed by atoms with Gasteiger partial charge in [-0.05, 0) is 31.9 Å². The SMILES string of the molecule is Cc1cc(=O)[nH]c(-n2nc(C3CC3)cc2NC(=O)c2c(F)cccc2F)n1. The zero-order valence-corrected chi connectivity index (χ0v) is 14.3. The molecule has 0 spiro atoms. The third-order valence-corrected chi connectivity index (χ3v) is 4.21. The predicted molar refractivity (Wildman–Crippen MR) is 93.0 cm³/mol. The Morgan fingerprint density at radius 2 is 1.96 bits per heavy atom. The Bertz CT molecular complexity index is 1080. The highest BCUT2D eigenvalue weighted by Crippen LogP contribution is 2.40. The normalized spacial score (nSPS) is 13.6. The summed E-state index contributed by atoms with van der Waals surface area (Å²) in [6, 6.07) is 6.13. The van der Waals surface area contributed by atoms with E-state index in [9.17, 15) is 18.4 Å². The molecule has 0 radical (unpaired) electrons. The molecule has 0 aliphatic heterocycles. The van der Waals surface area contributed by atoms with Crippen LogP contribution in [0.3, 0.4) is 0 Å². The highest BCUT2D eigenvalue weighted by atomic mass is 19.1. The Morgan fingerprint density at radius 3 is 2.59 bits per heavy atom. The van der Waals surface area contributed by atoms with Crippen LogP contribution in [0.2, 0.25) is 0 Å². The number of aromatic nitrogens is 4. The topological polar surface area (TPSA) is 92.7 Å². The lowest BCUT2D eigenvalue weighted by Crippen LogP contribution is -2.20. The highest BCUT2D eigenvalue weighted by molar-refractivity contribution is 6.04. The lowest BCUT2D eigenvalue weighted by molar-refractivity contribution is 0.101. The molecule has 1 saturated carbocycles. The summed E-state index contributed by atoms with van der Waals surface area (Å²) in [6.45, 7) is 1.65. The van der Waals surface area contributed by atoms with Crippen LogP contribution in [0.15, 0.2) is 35.1 Å². The smallest absolute Gasteiger partial charge is 0.262 e. The number of amides is 1. The molecule has 1 aliphatic rings. The summed E-state index contributed by atoms with van der Waals surface area (Å²) in [5.74, 6) is -2.37. The van der Waals surface area contributed by atoms with Crippen molar-refractivity contribution in [3.05, 3.63) is 69.3 Å². The van der Waals surface area contributed by atoms with Crippen molar-refractivity contribution in [2.45, 2.75) is 25.7 Å². The Balaban J connectivity index is 1.76. The molecule has 0 saturated heterocycles. The van der Waals surface area contributed by atoms with Gasteiger partial charge in [0, 0.05) is 23.7 Å². The molecule has 2 heterocycles. The largest absolute Gasteiger partial charge is 0.306 e. The van der Waals surface area contributed by atoms with Crippen molar-refractivity contribution in [3.63, 3.8) is 0 Å². The molecule has 1 fully saturated rings. The summed E-state index contributed by atoms with van der Waals surface area (Å²) in [5.41, 5.74) is 0.112. The molecular formula is C18H15F2N5O2. The molecule has 1 amide bonds. The van der Waals surface area contributed by atoms with Crippen LogP contribution in [0, 0.1) is 18.6 Å². The van der Waals surface area contributed by atoms with Crippen LogP contribution in [0.25, 0.3) is 5.95 Å². The Hall–Kier alpha value is -3.36. The number of carbonyl (C=O) groups is 1. The monoisotopic (exact) mass is 371 g/mol. The van der Waals surface area contributed by atoms with Gasteiger partial charge in [0.2, 0.25) is 5.95 Å². The zero-order valence-electron chi connectivity index (χ0n) is 14.3. The molecule has 3 aromatic rings. The molecule has 0 bridgehead atoms. The summed E-state index contributed by atoms with van der Waals surface area (Å²) >= 11 is 0. The molecule has 2 N–H and O–H groups in total. The number of anilines is 1. The average molecular weight is 371 g/mol. The quantitative estimate of drug-likeness (QED) is 0.737. The van der Waals surface area contributed by atoms with E-state index in [1.54, 1.807) is 13.0 Å². The maximum absolute atomic E-state index is 13.9. The second kappa shape index (κ2) is 6.42. The van der Waals surface area contributed by atoms with Crippen molar-refractivity contribution in [1.29, 1.82) is 0 Å². The van der Waals surface area contributed by atoms with Gasteiger partial charge in [-0.1, -0.05) is 6.07 Å². The Kier molecular flexibility index (Phi) is 4.06. The van der Waals surface area contributed by atoms with Crippen molar-refractivity contribution in [2.24, 2.45) is 0 Å². The van der Waals surface area contributed by atoms with E-state index in [1.807, 2.05) is 0 Å². The minimum atomic E-state index is -0.969. The van der Waals surface area contributed by atoms with Crippen LogP contribution in [0.5, 0.6) is 0 Å². The number of nitrogens with zero attached hydrogens (tertiary/aromatic N) is 3. The number of H-pyrrole nitrogens is 1. The average Bonchev–Trinajstić information content (AvgIpc) is 3.35. The lowest BCUT2D eigenvalue weighted by atomic mass is 10.2. The summed E-state index contributed by atoms with van der Waals surface area (Å²) in [6.07, 6.45) is 1.92. The summed E-state index contributed by atoms with van der Waals surface area (Å²) in [5, 5.41) is 6.87. The number of rotatable bonds is 4. The second-order valence-electron chi connectivity index (χ2n) is 6.40. The maximum Gasteiger partial charge on any atom is 0.262 e. The number of aromatic amines is 1. The number of halogens is 2. The number of aryl methyl sites for hydroxylation is 1. The third kappa shape index (κ3) is 3.35. The van der Waals surface area contributed by atoms with Gasteiger partial charge in [-0.2, -0.15) is 9.78 Å². The van der Waals surface area contributed by atoms with Gasteiger partial charge in [0.1, 0.15) is 23.0 Å². The summed E-state index contributed by atoms with van der Waals surface area (Å²) < 4.78 is 29.0. The molecule has 7 nitrogen and oxygen atoms in total.